The van der Waals surface area contributed by atoms with Crippen molar-refractivity contribution in [3.63, 3.8) is 0 Å². The van der Waals surface area contributed by atoms with E-state index in [0.717, 1.165) is 17.1 Å². The predicted molar refractivity (Wildman–Crippen MR) is 144 cm³/mol. The molecule has 1 amide bonds. The monoisotopic (exact) mass is 497 g/mol. The minimum absolute atomic E-state index is 0.0815. The number of carbonyl (C=O) groups is 1. The van der Waals surface area contributed by atoms with Crippen LogP contribution in [-0.4, -0.2) is 30.4 Å². The van der Waals surface area contributed by atoms with Crippen LogP contribution in [0.25, 0.3) is 5.69 Å². The van der Waals surface area contributed by atoms with E-state index in [2.05, 4.69) is 53.0 Å². The van der Waals surface area contributed by atoms with Crippen LogP contribution >= 0.6 is 11.8 Å². The van der Waals surface area contributed by atoms with E-state index in [0.29, 0.717) is 11.6 Å². The summed E-state index contributed by atoms with van der Waals surface area (Å²) in [5.74, 6) is 1.80. The molecule has 8 heteroatoms. The van der Waals surface area contributed by atoms with Crippen molar-refractivity contribution in [3.8, 4) is 17.2 Å². The van der Waals surface area contributed by atoms with Crippen molar-refractivity contribution in [1.29, 1.82) is 0 Å². The number of hydrogen-bond acceptors (Lipinski definition) is 5. The molecule has 0 radical (unpaired) electrons. The molecule has 0 aliphatic heterocycles. The maximum Gasteiger partial charge on any atom is 0.418 e. The van der Waals surface area contributed by atoms with E-state index in [1.165, 1.54) is 0 Å². The van der Waals surface area contributed by atoms with Crippen molar-refractivity contribution in [2.45, 2.75) is 57.5 Å². The van der Waals surface area contributed by atoms with Crippen molar-refractivity contribution in [3.05, 3.63) is 66.4 Å². The molecule has 0 saturated carbocycles. The predicted octanol–water partition coefficient (Wildman–Crippen LogP) is 7.47. The van der Waals surface area contributed by atoms with Crippen LogP contribution in [-0.2, 0) is 4.75 Å². The molecule has 182 valence electrons. The molecule has 2 aromatic carbocycles. The average molecular weight is 498 g/mol. The summed E-state index contributed by atoms with van der Waals surface area (Å²) < 4.78 is 13.4. The molecule has 0 fully saturated rings. The van der Waals surface area contributed by atoms with Crippen LogP contribution in [0, 0.1) is 0 Å². The highest BCUT2D eigenvalue weighted by atomic mass is 32.2. The zero-order chi connectivity index (χ0) is 25.1. The summed E-state index contributed by atoms with van der Waals surface area (Å²) in [5.41, 5.74) is 1.65. The second-order valence-electron chi connectivity index (χ2n) is 10.2. The maximum absolute atomic E-state index is 12.7. The van der Waals surface area contributed by atoms with Gasteiger partial charge in [-0.1, -0.05) is 45.0 Å². The van der Waals surface area contributed by atoms with Crippen molar-refractivity contribution < 1.29 is 14.0 Å². The molecule has 0 saturated heterocycles. The molecule has 1 aromatic heterocycles. The normalized spacial score (nSPS) is 12.4. The number of thioether (sulfide) groups is 1. The summed E-state index contributed by atoms with van der Waals surface area (Å²) in [5, 5.41) is 7.80. The number of benzene rings is 2. The first-order valence-corrected chi connectivity index (χ1v) is 15.4. The second-order valence-corrected chi connectivity index (χ2v) is 16.4. The lowest BCUT2D eigenvalue weighted by atomic mass is 10.1. The van der Waals surface area contributed by atoms with Gasteiger partial charge in [0.15, 0.2) is 0 Å². The number of nitrogens with zero attached hydrogens (tertiary/aromatic N) is 2. The molecular formula is C26H35N3O3SSi. The number of carbonyl (C=O) groups excluding carboxylic acids is 1. The quantitative estimate of drug-likeness (QED) is 0.343. The number of amides is 1. The van der Waals surface area contributed by atoms with Crippen LogP contribution in [0.5, 0.6) is 11.5 Å². The molecule has 34 heavy (non-hydrogen) atoms. The summed E-state index contributed by atoms with van der Waals surface area (Å²) in [4.78, 5) is 12.7. The van der Waals surface area contributed by atoms with E-state index in [4.69, 9.17) is 14.3 Å². The van der Waals surface area contributed by atoms with Gasteiger partial charge in [-0.05, 0) is 62.5 Å². The SMILES string of the molecule is CSC(C)(C)c1cc(NC(=O)Oc2ccccc2)n(-c2cccc(O[Si](C)(C)C(C)(C)C)c2)n1. The Labute approximate surface area is 208 Å². The van der Waals surface area contributed by atoms with E-state index in [9.17, 15) is 4.79 Å². The Morgan fingerprint density at radius 1 is 0.971 bits per heavy atom. The molecular weight excluding hydrogens is 462 g/mol. The van der Waals surface area contributed by atoms with Crippen LogP contribution in [0.1, 0.15) is 40.3 Å². The van der Waals surface area contributed by atoms with E-state index in [-0.39, 0.29) is 9.79 Å². The van der Waals surface area contributed by atoms with Crippen molar-refractivity contribution >= 4 is 32.0 Å². The van der Waals surface area contributed by atoms with Crippen LogP contribution in [0.3, 0.4) is 0 Å². The fourth-order valence-electron chi connectivity index (χ4n) is 2.92. The molecule has 0 aliphatic carbocycles. The number of para-hydroxylation sites is 1. The van der Waals surface area contributed by atoms with Crippen LogP contribution in [0.2, 0.25) is 18.1 Å². The first kappa shape index (κ1) is 25.9. The molecule has 6 nitrogen and oxygen atoms in total. The largest absolute Gasteiger partial charge is 0.543 e. The molecule has 0 aliphatic rings. The van der Waals surface area contributed by atoms with Gasteiger partial charge in [0.1, 0.15) is 17.3 Å². The molecule has 1 N–H and O–H groups in total. The minimum atomic E-state index is -2.01. The lowest BCUT2D eigenvalue weighted by Crippen LogP contribution is -2.43. The fraction of sp³-hybridized carbons (Fsp3) is 0.385. The Kier molecular flexibility index (Phi) is 7.52. The molecule has 3 aromatic rings. The van der Waals surface area contributed by atoms with E-state index < -0.39 is 14.4 Å². The molecule has 0 bridgehead atoms. The lowest BCUT2D eigenvalue weighted by Gasteiger charge is -2.36. The van der Waals surface area contributed by atoms with Gasteiger partial charge in [-0.2, -0.15) is 16.9 Å². The van der Waals surface area contributed by atoms with Gasteiger partial charge in [-0.15, -0.1) is 0 Å². The van der Waals surface area contributed by atoms with Crippen LogP contribution < -0.4 is 14.5 Å². The zero-order valence-corrected chi connectivity index (χ0v) is 23.1. The Bertz CT molecular complexity index is 1140. The Morgan fingerprint density at radius 2 is 1.62 bits per heavy atom. The van der Waals surface area contributed by atoms with Crippen LogP contribution in [0.15, 0.2) is 60.7 Å². The number of anilines is 1. The third-order valence-electron chi connectivity index (χ3n) is 6.26. The maximum atomic E-state index is 12.7. The summed E-state index contributed by atoms with van der Waals surface area (Å²) >= 11 is 1.69. The Hall–Kier alpha value is -2.71. The van der Waals surface area contributed by atoms with Gasteiger partial charge in [-0.25, -0.2) is 9.48 Å². The number of hydrogen-bond donors (Lipinski definition) is 1. The number of rotatable bonds is 7. The average Bonchev–Trinajstić information content (AvgIpc) is 3.18. The lowest BCUT2D eigenvalue weighted by molar-refractivity contribution is 0.215. The minimum Gasteiger partial charge on any atom is -0.543 e. The standard InChI is InChI=1S/C26H35N3O3SSi/c1-25(2,3)34(7,8)32-21-16-12-13-19(17-21)29-23(18-22(28-29)26(4,5)33-6)27-24(30)31-20-14-10-9-11-15-20/h9-18H,1-8H3,(H,27,30). The summed E-state index contributed by atoms with van der Waals surface area (Å²) in [6.45, 7) is 15.3. The second kappa shape index (κ2) is 9.88. The number of ether oxygens (including phenoxy) is 1. The van der Waals surface area contributed by atoms with Crippen LogP contribution in [0.4, 0.5) is 10.6 Å². The zero-order valence-electron chi connectivity index (χ0n) is 21.3. The van der Waals surface area contributed by atoms with E-state index in [1.807, 2.05) is 54.8 Å². The first-order valence-electron chi connectivity index (χ1n) is 11.3. The highest BCUT2D eigenvalue weighted by molar-refractivity contribution is 7.99. The highest BCUT2D eigenvalue weighted by Gasteiger charge is 2.39. The topological polar surface area (TPSA) is 65.4 Å². The molecule has 0 atom stereocenters. The number of nitrogens with one attached hydrogen (secondary N) is 1. The summed E-state index contributed by atoms with van der Waals surface area (Å²) in [7, 11) is -2.01. The van der Waals surface area contributed by atoms with Gasteiger partial charge < -0.3 is 9.16 Å². The molecule has 1 heterocycles. The van der Waals surface area contributed by atoms with Crippen molar-refractivity contribution in [1.82, 2.24) is 9.78 Å². The smallest absolute Gasteiger partial charge is 0.418 e. The van der Waals surface area contributed by atoms with Gasteiger partial charge in [0.05, 0.1) is 16.1 Å². The number of aromatic nitrogens is 2. The fourth-order valence-corrected chi connectivity index (χ4v) is 4.25. The third-order valence-corrected chi connectivity index (χ3v) is 11.8. The van der Waals surface area contributed by atoms with Gasteiger partial charge in [-0.3, -0.25) is 5.32 Å². The molecule has 3 rings (SSSR count). The third kappa shape index (κ3) is 6.04. The van der Waals surface area contributed by atoms with Gasteiger partial charge in [0, 0.05) is 12.1 Å². The highest BCUT2D eigenvalue weighted by Crippen LogP contribution is 2.38. The Balaban J connectivity index is 1.96. The van der Waals surface area contributed by atoms with E-state index >= 15 is 0 Å². The van der Waals surface area contributed by atoms with Gasteiger partial charge >= 0.3 is 6.09 Å². The van der Waals surface area contributed by atoms with Crippen molar-refractivity contribution in [2.75, 3.05) is 11.6 Å². The molecule has 0 spiro atoms. The first-order chi connectivity index (χ1) is 15.8. The summed E-state index contributed by atoms with van der Waals surface area (Å²) in [6, 6.07) is 18.7. The van der Waals surface area contributed by atoms with Crippen molar-refractivity contribution in [2.24, 2.45) is 0 Å². The molecule has 0 unspecified atom stereocenters. The van der Waals surface area contributed by atoms with Gasteiger partial charge in [0.25, 0.3) is 0 Å². The van der Waals surface area contributed by atoms with Gasteiger partial charge in [0.2, 0.25) is 8.32 Å². The summed E-state index contributed by atoms with van der Waals surface area (Å²) in [6.07, 6.45) is 1.47. The van der Waals surface area contributed by atoms with E-state index in [1.54, 1.807) is 28.6 Å². The Morgan fingerprint density at radius 3 is 2.24 bits per heavy atom.